The van der Waals surface area contributed by atoms with E-state index in [1.807, 2.05) is 30.3 Å². The number of rotatable bonds is 4. The van der Waals surface area contributed by atoms with Crippen LogP contribution in [-0.2, 0) is 9.53 Å². The Morgan fingerprint density at radius 1 is 1.40 bits per heavy atom. The molecular formula is C12H14O2S. The van der Waals surface area contributed by atoms with Crippen molar-refractivity contribution in [3.63, 3.8) is 0 Å². The number of hydrogen-bond donors (Lipinski definition) is 1. The molecule has 0 bridgehead atoms. The van der Waals surface area contributed by atoms with Gasteiger partial charge in [0.15, 0.2) is 0 Å². The summed E-state index contributed by atoms with van der Waals surface area (Å²) >= 11 is 4.18. The lowest BCUT2D eigenvalue weighted by atomic mass is 10.2. The van der Waals surface area contributed by atoms with Crippen molar-refractivity contribution in [2.75, 3.05) is 6.61 Å². The molecule has 80 valence electrons. The Kier molecular flexibility index (Phi) is 4.98. The highest BCUT2D eigenvalue weighted by Crippen LogP contribution is 2.09. The molecule has 0 heterocycles. The fourth-order valence-corrected chi connectivity index (χ4v) is 1.25. The monoisotopic (exact) mass is 222 g/mol. The highest BCUT2D eigenvalue weighted by Gasteiger charge is 1.95. The zero-order valence-corrected chi connectivity index (χ0v) is 9.54. The van der Waals surface area contributed by atoms with Crippen molar-refractivity contribution in [3.05, 3.63) is 35.9 Å². The molecule has 0 N–H and O–H groups in total. The zero-order valence-electron chi connectivity index (χ0n) is 8.64. The van der Waals surface area contributed by atoms with Crippen LogP contribution in [0.25, 0.3) is 6.08 Å². The fraction of sp³-hybridized carbons (Fsp3) is 0.250. The SMILES string of the molecule is CCOC(=O)CC=Cc1ccc(S)cc1. The molecule has 0 aliphatic carbocycles. The van der Waals surface area contributed by atoms with Crippen molar-refractivity contribution in [2.45, 2.75) is 18.2 Å². The maximum absolute atomic E-state index is 11.0. The average molecular weight is 222 g/mol. The average Bonchev–Trinajstić information content (AvgIpc) is 2.21. The first-order valence-corrected chi connectivity index (χ1v) is 5.28. The van der Waals surface area contributed by atoms with Gasteiger partial charge in [0, 0.05) is 4.90 Å². The minimum atomic E-state index is -0.195. The molecule has 0 fully saturated rings. The largest absolute Gasteiger partial charge is 0.466 e. The molecular weight excluding hydrogens is 208 g/mol. The normalized spacial score (nSPS) is 10.5. The van der Waals surface area contributed by atoms with Crippen molar-refractivity contribution < 1.29 is 9.53 Å². The van der Waals surface area contributed by atoms with E-state index in [2.05, 4.69) is 12.6 Å². The molecule has 0 radical (unpaired) electrons. The number of thiol groups is 1. The van der Waals surface area contributed by atoms with Crippen molar-refractivity contribution in [1.82, 2.24) is 0 Å². The fourth-order valence-electron chi connectivity index (χ4n) is 1.10. The smallest absolute Gasteiger partial charge is 0.309 e. The lowest BCUT2D eigenvalue weighted by Gasteiger charge is -1.97. The van der Waals surface area contributed by atoms with Crippen LogP contribution in [0.2, 0.25) is 0 Å². The van der Waals surface area contributed by atoms with Crippen molar-refractivity contribution in [2.24, 2.45) is 0 Å². The topological polar surface area (TPSA) is 26.3 Å². The third kappa shape index (κ3) is 4.70. The van der Waals surface area contributed by atoms with Crippen LogP contribution in [0.1, 0.15) is 18.9 Å². The molecule has 1 aromatic carbocycles. The van der Waals surface area contributed by atoms with Gasteiger partial charge in [0.2, 0.25) is 0 Å². The van der Waals surface area contributed by atoms with Crippen LogP contribution in [-0.4, -0.2) is 12.6 Å². The summed E-state index contributed by atoms with van der Waals surface area (Å²) < 4.78 is 4.80. The third-order valence-corrected chi connectivity index (χ3v) is 2.09. The van der Waals surface area contributed by atoms with Gasteiger partial charge in [-0.25, -0.2) is 0 Å². The molecule has 15 heavy (non-hydrogen) atoms. The number of benzene rings is 1. The number of hydrogen-bond acceptors (Lipinski definition) is 3. The molecule has 0 aliphatic rings. The van der Waals surface area contributed by atoms with Gasteiger partial charge >= 0.3 is 5.97 Å². The van der Waals surface area contributed by atoms with Gasteiger partial charge in [0.25, 0.3) is 0 Å². The molecule has 0 amide bonds. The molecule has 2 nitrogen and oxygen atoms in total. The van der Waals surface area contributed by atoms with Gasteiger partial charge in [-0.2, -0.15) is 0 Å². The van der Waals surface area contributed by atoms with Gasteiger partial charge in [-0.05, 0) is 24.6 Å². The van der Waals surface area contributed by atoms with Gasteiger partial charge in [-0.3, -0.25) is 4.79 Å². The first-order valence-electron chi connectivity index (χ1n) is 4.83. The highest BCUT2D eigenvalue weighted by molar-refractivity contribution is 7.80. The standard InChI is InChI=1S/C12H14O2S/c1-2-14-12(13)5-3-4-10-6-8-11(15)9-7-10/h3-4,6-9,15H,2,5H2,1H3. The van der Waals surface area contributed by atoms with E-state index in [1.165, 1.54) is 0 Å². The summed E-state index contributed by atoms with van der Waals surface area (Å²) in [7, 11) is 0. The molecule has 0 atom stereocenters. The number of ether oxygens (including phenoxy) is 1. The second-order valence-corrected chi connectivity index (χ2v) is 3.52. The molecule has 0 saturated heterocycles. The minimum Gasteiger partial charge on any atom is -0.466 e. The Bertz CT molecular complexity index is 341. The number of carbonyl (C=O) groups is 1. The predicted molar refractivity (Wildman–Crippen MR) is 64.0 cm³/mol. The Balaban J connectivity index is 2.44. The van der Waals surface area contributed by atoms with E-state index in [4.69, 9.17) is 4.74 Å². The summed E-state index contributed by atoms with van der Waals surface area (Å²) in [5.74, 6) is -0.195. The lowest BCUT2D eigenvalue weighted by Crippen LogP contribution is -2.01. The van der Waals surface area contributed by atoms with Crippen LogP contribution in [0.4, 0.5) is 0 Å². The second kappa shape index (κ2) is 6.30. The van der Waals surface area contributed by atoms with Crippen molar-refractivity contribution in [3.8, 4) is 0 Å². The molecule has 0 aliphatic heterocycles. The Hall–Kier alpha value is -1.22. The summed E-state index contributed by atoms with van der Waals surface area (Å²) in [4.78, 5) is 11.9. The van der Waals surface area contributed by atoms with E-state index in [1.54, 1.807) is 13.0 Å². The van der Waals surface area contributed by atoms with E-state index in [9.17, 15) is 4.79 Å². The summed E-state index contributed by atoms with van der Waals surface area (Å²) in [5, 5.41) is 0. The Morgan fingerprint density at radius 3 is 2.67 bits per heavy atom. The van der Waals surface area contributed by atoms with Crippen molar-refractivity contribution in [1.29, 1.82) is 0 Å². The maximum Gasteiger partial charge on any atom is 0.309 e. The summed E-state index contributed by atoms with van der Waals surface area (Å²) in [6.07, 6.45) is 4.01. The molecule has 0 spiro atoms. The van der Waals surface area contributed by atoms with Gasteiger partial charge in [-0.15, -0.1) is 12.6 Å². The lowest BCUT2D eigenvalue weighted by molar-refractivity contribution is -0.142. The van der Waals surface area contributed by atoms with Crippen LogP contribution in [0.15, 0.2) is 35.2 Å². The van der Waals surface area contributed by atoms with E-state index >= 15 is 0 Å². The number of esters is 1. The van der Waals surface area contributed by atoms with Crippen LogP contribution < -0.4 is 0 Å². The molecule has 3 heteroatoms. The third-order valence-electron chi connectivity index (χ3n) is 1.79. The van der Waals surface area contributed by atoms with E-state index < -0.39 is 0 Å². The maximum atomic E-state index is 11.0. The van der Waals surface area contributed by atoms with Gasteiger partial charge in [-0.1, -0.05) is 24.3 Å². The van der Waals surface area contributed by atoms with Crippen LogP contribution in [0.3, 0.4) is 0 Å². The van der Waals surface area contributed by atoms with E-state index in [0.717, 1.165) is 10.5 Å². The minimum absolute atomic E-state index is 0.195. The van der Waals surface area contributed by atoms with Gasteiger partial charge < -0.3 is 4.74 Å². The molecule has 0 aromatic heterocycles. The van der Waals surface area contributed by atoms with Crippen LogP contribution in [0, 0.1) is 0 Å². The predicted octanol–water partition coefficient (Wildman–Crippen LogP) is 2.94. The molecule has 1 aromatic rings. The summed E-state index contributed by atoms with van der Waals surface area (Å²) in [6.45, 7) is 2.23. The van der Waals surface area contributed by atoms with Crippen LogP contribution in [0.5, 0.6) is 0 Å². The summed E-state index contributed by atoms with van der Waals surface area (Å²) in [5.41, 5.74) is 1.05. The second-order valence-electron chi connectivity index (χ2n) is 3.00. The number of carbonyl (C=O) groups excluding carboxylic acids is 1. The van der Waals surface area contributed by atoms with Gasteiger partial charge in [0.05, 0.1) is 13.0 Å². The summed E-state index contributed by atoms with van der Waals surface area (Å²) in [6, 6.07) is 7.72. The van der Waals surface area contributed by atoms with Crippen molar-refractivity contribution >= 4 is 24.7 Å². The molecule has 0 unspecified atom stereocenters. The quantitative estimate of drug-likeness (QED) is 0.626. The Labute approximate surface area is 95.4 Å². The highest BCUT2D eigenvalue weighted by atomic mass is 32.1. The molecule has 1 rings (SSSR count). The molecule has 0 saturated carbocycles. The van der Waals surface area contributed by atoms with Gasteiger partial charge in [0.1, 0.15) is 0 Å². The first-order chi connectivity index (χ1) is 7.22. The Morgan fingerprint density at radius 2 is 2.07 bits per heavy atom. The van der Waals surface area contributed by atoms with E-state index in [0.29, 0.717) is 13.0 Å². The van der Waals surface area contributed by atoms with E-state index in [-0.39, 0.29) is 5.97 Å². The zero-order chi connectivity index (χ0) is 11.1. The first kappa shape index (κ1) is 11.9. The van der Waals surface area contributed by atoms with Crippen LogP contribution >= 0.6 is 12.6 Å².